The van der Waals surface area contributed by atoms with Gasteiger partial charge in [0.25, 0.3) is 5.91 Å². The van der Waals surface area contributed by atoms with Gasteiger partial charge in [-0.2, -0.15) is 13.2 Å². The summed E-state index contributed by atoms with van der Waals surface area (Å²) in [5, 5.41) is 9.23. The molecule has 1 amide bonds. The molecule has 6 nitrogen and oxygen atoms in total. The van der Waals surface area contributed by atoms with E-state index < -0.39 is 17.7 Å². The van der Waals surface area contributed by atoms with Crippen molar-refractivity contribution >= 4 is 23.9 Å². The molecule has 2 unspecified atom stereocenters. The van der Waals surface area contributed by atoms with Crippen LogP contribution >= 0.6 is 11.8 Å². The van der Waals surface area contributed by atoms with Gasteiger partial charge in [0.05, 0.1) is 5.56 Å². The molecular weight excluding hydrogens is 463 g/mol. The van der Waals surface area contributed by atoms with Crippen molar-refractivity contribution in [3.05, 3.63) is 53.4 Å². The minimum absolute atomic E-state index is 0.229. The number of allylic oxidation sites excluding steroid dienone is 1. The summed E-state index contributed by atoms with van der Waals surface area (Å²) in [6.45, 7) is 3.03. The highest BCUT2D eigenvalue weighted by Crippen LogP contribution is 2.64. The second kappa shape index (κ2) is 8.96. The van der Waals surface area contributed by atoms with Crippen LogP contribution in [0, 0.1) is 5.41 Å². The first-order valence-electron chi connectivity index (χ1n) is 11.4. The van der Waals surface area contributed by atoms with Gasteiger partial charge in [0, 0.05) is 25.6 Å². The largest absolute Gasteiger partial charge is 0.416 e. The third kappa shape index (κ3) is 4.57. The average Bonchev–Trinajstić information content (AvgIpc) is 3.16. The van der Waals surface area contributed by atoms with Gasteiger partial charge in [0.1, 0.15) is 11.7 Å². The maximum atomic E-state index is 12.8. The summed E-state index contributed by atoms with van der Waals surface area (Å²) in [5.74, 6) is 1.16. The van der Waals surface area contributed by atoms with Crippen molar-refractivity contribution in [1.82, 2.24) is 19.7 Å². The van der Waals surface area contributed by atoms with Crippen molar-refractivity contribution in [1.29, 1.82) is 0 Å². The number of amides is 1. The van der Waals surface area contributed by atoms with Crippen molar-refractivity contribution < 1.29 is 18.0 Å². The molecule has 3 heterocycles. The molecule has 1 spiro atoms. The zero-order chi connectivity index (χ0) is 23.9. The molecule has 1 aliphatic carbocycles. The molecular formula is C24H26F3N5OS. The number of carbonyl (C=O) groups is 1. The maximum absolute atomic E-state index is 12.8. The molecule has 34 heavy (non-hydrogen) atoms. The molecule has 10 heteroatoms. The zero-order valence-electron chi connectivity index (χ0n) is 18.8. The lowest BCUT2D eigenvalue weighted by Gasteiger charge is -2.16. The molecule has 2 aliphatic heterocycles. The van der Waals surface area contributed by atoms with Gasteiger partial charge in [-0.05, 0) is 67.5 Å². The number of halogens is 3. The number of hydrogen-bond donors (Lipinski definition) is 0. The number of aromatic nitrogens is 3. The SMILES string of the molecule is Cn1c(SCCCN2CC[C@]3(CC3c3ccc(C(F)(F)F)cc3)C2)nnc1C1C=CC=NC1=O. The summed E-state index contributed by atoms with van der Waals surface area (Å²) >= 11 is 1.63. The summed E-state index contributed by atoms with van der Waals surface area (Å²) in [6, 6.07) is 5.72. The third-order valence-electron chi connectivity index (χ3n) is 7.15. The fraction of sp³-hybridized carbons (Fsp3) is 0.500. The number of aliphatic imine (C=N–C) groups is 1. The van der Waals surface area contributed by atoms with Gasteiger partial charge in [-0.25, -0.2) is 4.99 Å². The number of nitrogens with zero attached hydrogens (tertiary/aromatic N) is 5. The second-order valence-corrected chi connectivity index (χ2v) is 10.4. The van der Waals surface area contributed by atoms with Crippen LogP contribution in [0.5, 0.6) is 0 Å². The van der Waals surface area contributed by atoms with Crippen molar-refractivity contribution in [2.75, 3.05) is 25.4 Å². The fourth-order valence-electron chi connectivity index (χ4n) is 5.16. The van der Waals surface area contributed by atoms with Crippen LogP contribution in [0.2, 0.25) is 0 Å². The fourth-order valence-corrected chi connectivity index (χ4v) is 6.00. The van der Waals surface area contributed by atoms with E-state index in [-0.39, 0.29) is 11.3 Å². The highest BCUT2D eigenvalue weighted by molar-refractivity contribution is 7.99. The molecule has 2 fully saturated rings. The van der Waals surface area contributed by atoms with Crippen molar-refractivity contribution in [2.45, 2.75) is 42.4 Å². The number of likely N-dealkylation sites (tertiary alicyclic amines) is 1. The van der Waals surface area contributed by atoms with Gasteiger partial charge < -0.3 is 9.47 Å². The molecule has 1 aromatic heterocycles. The lowest BCUT2D eigenvalue weighted by atomic mass is 9.97. The highest BCUT2D eigenvalue weighted by Gasteiger charge is 2.57. The lowest BCUT2D eigenvalue weighted by Crippen LogP contribution is -2.23. The Morgan fingerprint density at radius 1 is 1.21 bits per heavy atom. The van der Waals surface area contributed by atoms with E-state index in [1.165, 1.54) is 18.3 Å². The smallest absolute Gasteiger partial charge is 0.308 e. The Kier molecular flexibility index (Phi) is 6.14. The Labute approximate surface area is 200 Å². The first-order chi connectivity index (χ1) is 16.3. The maximum Gasteiger partial charge on any atom is 0.416 e. The van der Waals surface area contributed by atoms with Gasteiger partial charge in [0.15, 0.2) is 5.16 Å². The van der Waals surface area contributed by atoms with Crippen LogP contribution in [-0.4, -0.2) is 57.2 Å². The monoisotopic (exact) mass is 489 g/mol. The molecule has 1 aromatic carbocycles. The summed E-state index contributed by atoms with van der Waals surface area (Å²) in [4.78, 5) is 18.3. The van der Waals surface area contributed by atoms with Crippen LogP contribution in [0.15, 0.2) is 46.6 Å². The minimum Gasteiger partial charge on any atom is -0.308 e. The Morgan fingerprint density at radius 3 is 2.74 bits per heavy atom. The van der Waals surface area contributed by atoms with E-state index in [0.29, 0.717) is 11.7 Å². The first kappa shape index (κ1) is 23.3. The van der Waals surface area contributed by atoms with Crippen LogP contribution in [0.25, 0.3) is 0 Å². The quantitative estimate of drug-likeness (QED) is 0.425. The van der Waals surface area contributed by atoms with E-state index in [1.54, 1.807) is 36.0 Å². The van der Waals surface area contributed by atoms with Crippen molar-refractivity contribution in [3.63, 3.8) is 0 Å². The minimum atomic E-state index is -4.28. The van der Waals surface area contributed by atoms with Gasteiger partial charge >= 0.3 is 6.18 Å². The van der Waals surface area contributed by atoms with E-state index in [4.69, 9.17) is 0 Å². The molecule has 3 aliphatic rings. The normalized spacial score (nSPS) is 26.6. The number of carbonyl (C=O) groups excluding carboxylic acids is 1. The van der Waals surface area contributed by atoms with Crippen molar-refractivity contribution in [2.24, 2.45) is 17.5 Å². The molecule has 5 rings (SSSR count). The topological polar surface area (TPSA) is 63.4 Å². The van der Waals surface area contributed by atoms with E-state index in [1.807, 2.05) is 11.6 Å². The van der Waals surface area contributed by atoms with E-state index in [0.717, 1.165) is 55.4 Å². The van der Waals surface area contributed by atoms with Gasteiger partial charge in [0.2, 0.25) is 0 Å². The van der Waals surface area contributed by atoms with Crippen LogP contribution in [-0.2, 0) is 18.0 Å². The predicted molar refractivity (Wildman–Crippen MR) is 124 cm³/mol. The summed E-state index contributed by atoms with van der Waals surface area (Å²) in [7, 11) is 1.87. The Bertz CT molecular complexity index is 1130. The Hall–Kier alpha value is -2.46. The molecule has 0 radical (unpaired) electrons. The Balaban J connectivity index is 1.08. The number of rotatable bonds is 7. The van der Waals surface area contributed by atoms with E-state index >= 15 is 0 Å². The number of benzene rings is 1. The highest BCUT2D eigenvalue weighted by atomic mass is 32.2. The molecule has 3 atom stereocenters. The standard InChI is InChI=1S/C24H26F3N5OS/c1-31-20(18-4-2-10-28-21(18)33)29-30-22(31)34-13-3-11-32-12-9-23(15-32)14-19(23)16-5-7-17(8-6-16)24(25,26)27/h2,4-8,10,18-19H,3,9,11-15H2,1H3/t18?,19?,23-/m0/s1. The van der Waals surface area contributed by atoms with Gasteiger partial charge in [-0.3, -0.25) is 4.79 Å². The van der Waals surface area contributed by atoms with E-state index in [2.05, 4.69) is 20.1 Å². The second-order valence-electron chi connectivity index (χ2n) is 9.35. The summed E-state index contributed by atoms with van der Waals surface area (Å²) in [5.41, 5.74) is 0.677. The molecule has 0 bridgehead atoms. The van der Waals surface area contributed by atoms with Gasteiger partial charge in [-0.1, -0.05) is 30.0 Å². The number of hydrogen-bond acceptors (Lipinski definition) is 5. The predicted octanol–water partition coefficient (Wildman–Crippen LogP) is 4.45. The van der Waals surface area contributed by atoms with Crippen LogP contribution in [0.4, 0.5) is 13.2 Å². The molecule has 2 aromatic rings. The molecule has 180 valence electrons. The van der Waals surface area contributed by atoms with Crippen molar-refractivity contribution in [3.8, 4) is 0 Å². The first-order valence-corrected chi connectivity index (χ1v) is 12.4. The molecule has 1 saturated carbocycles. The lowest BCUT2D eigenvalue weighted by molar-refractivity contribution is -0.137. The third-order valence-corrected chi connectivity index (χ3v) is 8.26. The zero-order valence-corrected chi connectivity index (χ0v) is 19.6. The van der Waals surface area contributed by atoms with Crippen LogP contribution < -0.4 is 0 Å². The van der Waals surface area contributed by atoms with Crippen LogP contribution in [0.3, 0.4) is 0 Å². The molecule has 0 N–H and O–H groups in total. The Morgan fingerprint density at radius 2 is 2.00 bits per heavy atom. The summed E-state index contributed by atoms with van der Waals surface area (Å²) < 4.78 is 40.3. The summed E-state index contributed by atoms with van der Waals surface area (Å²) in [6.07, 6.45) is 3.90. The molecule has 1 saturated heterocycles. The van der Waals surface area contributed by atoms with Gasteiger partial charge in [-0.15, -0.1) is 10.2 Å². The average molecular weight is 490 g/mol. The number of thioether (sulfide) groups is 1. The number of alkyl halides is 3. The number of dihydropyridines is 1. The van der Waals surface area contributed by atoms with E-state index in [9.17, 15) is 18.0 Å². The van der Waals surface area contributed by atoms with Crippen LogP contribution in [0.1, 0.15) is 48.0 Å².